The Hall–Kier alpha value is -1.45. The van der Waals surface area contributed by atoms with E-state index in [1.807, 2.05) is 45.0 Å². The van der Waals surface area contributed by atoms with Crippen LogP contribution in [0.3, 0.4) is 0 Å². The van der Waals surface area contributed by atoms with Crippen molar-refractivity contribution in [3.05, 3.63) is 47.4 Å². The van der Waals surface area contributed by atoms with E-state index >= 15 is 0 Å². The van der Waals surface area contributed by atoms with Crippen molar-refractivity contribution >= 4 is 11.6 Å². The highest BCUT2D eigenvalue weighted by Gasteiger charge is 2.27. The number of hydrogen-bond donors (Lipinski definition) is 1. The monoisotopic (exact) mass is 276 g/mol. The van der Waals surface area contributed by atoms with Gasteiger partial charge in [0, 0.05) is 22.3 Å². The second-order valence-corrected chi connectivity index (χ2v) is 6.04. The van der Waals surface area contributed by atoms with Crippen molar-refractivity contribution in [2.75, 3.05) is 0 Å². The minimum absolute atomic E-state index is 0.272. The van der Waals surface area contributed by atoms with Gasteiger partial charge in [0.15, 0.2) is 0 Å². The van der Waals surface area contributed by atoms with Gasteiger partial charge < -0.3 is 5.11 Å². The molecule has 0 radical (unpaired) electrons. The summed E-state index contributed by atoms with van der Waals surface area (Å²) in [7, 11) is 0. The molecule has 1 atom stereocenters. The molecule has 1 aromatic heterocycles. The molecule has 1 unspecified atom stereocenters. The highest BCUT2D eigenvalue weighted by molar-refractivity contribution is 6.30. The van der Waals surface area contributed by atoms with Gasteiger partial charge >= 0.3 is 0 Å². The zero-order valence-electron chi connectivity index (χ0n) is 11.3. The topological polar surface area (TPSA) is 46.0 Å². The van der Waals surface area contributed by atoms with Crippen LogP contribution in [-0.2, 0) is 0 Å². The first kappa shape index (κ1) is 14.0. The largest absolute Gasteiger partial charge is 0.388 e. The lowest BCUT2D eigenvalue weighted by Gasteiger charge is -2.27. The Morgan fingerprint density at radius 1 is 1.16 bits per heavy atom. The summed E-state index contributed by atoms with van der Waals surface area (Å²) in [6, 6.07) is 7.41. The second kappa shape index (κ2) is 5.27. The average molecular weight is 277 g/mol. The van der Waals surface area contributed by atoms with Crippen molar-refractivity contribution in [2.45, 2.75) is 26.9 Å². The summed E-state index contributed by atoms with van der Waals surface area (Å²) in [5, 5.41) is 11.1. The molecule has 3 nitrogen and oxygen atoms in total. The summed E-state index contributed by atoms with van der Waals surface area (Å²) in [6.07, 6.45) is 2.54. The zero-order valence-corrected chi connectivity index (χ0v) is 12.0. The molecule has 1 aromatic carbocycles. The maximum Gasteiger partial charge on any atom is 0.116 e. The van der Waals surface area contributed by atoms with Crippen molar-refractivity contribution in [3.63, 3.8) is 0 Å². The van der Waals surface area contributed by atoms with Gasteiger partial charge in [-0.15, -0.1) is 0 Å². The van der Waals surface area contributed by atoms with Crippen LogP contribution in [-0.4, -0.2) is 15.1 Å². The first-order chi connectivity index (χ1) is 8.89. The van der Waals surface area contributed by atoms with E-state index in [0.717, 1.165) is 16.8 Å². The standard InChI is InChI=1S/C15H17ClN2O/c1-15(2,3)14(19)12-8-17-9-18-13(12)10-4-6-11(16)7-5-10/h4-9,14,19H,1-3H3. The third-order valence-electron chi connectivity index (χ3n) is 2.97. The lowest BCUT2D eigenvalue weighted by atomic mass is 9.84. The molecule has 1 N–H and O–H groups in total. The molecule has 0 spiro atoms. The molecule has 2 rings (SSSR count). The zero-order chi connectivity index (χ0) is 14.0. The molecule has 0 aliphatic rings. The quantitative estimate of drug-likeness (QED) is 0.905. The number of rotatable bonds is 2. The van der Waals surface area contributed by atoms with Crippen LogP contribution in [0.2, 0.25) is 5.02 Å². The van der Waals surface area contributed by atoms with Gasteiger partial charge in [-0.3, -0.25) is 0 Å². The molecular weight excluding hydrogens is 260 g/mol. The molecule has 0 amide bonds. The summed E-state index contributed by atoms with van der Waals surface area (Å²) < 4.78 is 0. The van der Waals surface area contributed by atoms with Gasteiger partial charge in [-0.2, -0.15) is 0 Å². The second-order valence-electron chi connectivity index (χ2n) is 5.60. The minimum Gasteiger partial charge on any atom is -0.388 e. The van der Waals surface area contributed by atoms with Crippen LogP contribution in [0.1, 0.15) is 32.4 Å². The third-order valence-corrected chi connectivity index (χ3v) is 3.23. The number of aromatic nitrogens is 2. The van der Waals surface area contributed by atoms with Crippen molar-refractivity contribution in [1.82, 2.24) is 9.97 Å². The van der Waals surface area contributed by atoms with E-state index in [9.17, 15) is 5.11 Å². The van der Waals surface area contributed by atoms with Gasteiger partial charge in [0.2, 0.25) is 0 Å². The number of aliphatic hydroxyl groups excluding tert-OH is 1. The number of benzene rings is 1. The lowest BCUT2D eigenvalue weighted by Crippen LogP contribution is -2.19. The fraction of sp³-hybridized carbons (Fsp3) is 0.333. The number of nitrogens with zero attached hydrogens (tertiary/aromatic N) is 2. The van der Waals surface area contributed by atoms with E-state index in [1.165, 1.54) is 6.33 Å². The Bertz CT molecular complexity index is 561. The predicted octanol–water partition coefficient (Wildman–Crippen LogP) is 3.88. The SMILES string of the molecule is CC(C)(C)C(O)c1cncnc1-c1ccc(Cl)cc1. The van der Waals surface area contributed by atoms with E-state index < -0.39 is 6.10 Å². The fourth-order valence-corrected chi connectivity index (χ4v) is 1.98. The summed E-state index contributed by atoms with van der Waals surface area (Å²) in [5.74, 6) is 0. The Morgan fingerprint density at radius 3 is 2.37 bits per heavy atom. The summed E-state index contributed by atoms with van der Waals surface area (Å²) in [6.45, 7) is 5.95. The highest BCUT2D eigenvalue weighted by Crippen LogP contribution is 2.36. The molecule has 1 heterocycles. The molecule has 19 heavy (non-hydrogen) atoms. The van der Waals surface area contributed by atoms with Gasteiger partial charge in [-0.05, 0) is 17.5 Å². The third kappa shape index (κ3) is 3.11. The fourth-order valence-electron chi connectivity index (χ4n) is 1.86. The Balaban J connectivity index is 2.50. The lowest BCUT2D eigenvalue weighted by molar-refractivity contribution is 0.0626. The maximum atomic E-state index is 10.4. The highest BCUT2D eigenvalue weighted by atomic mass is 35.5. The molecule has 100 valence electrons. The minimum atomic E-state index is -0.626. The van der Waals surface area contributed by atoms with Crippen LogP contribution in [0.4, 0.5) is 0 Å². The summed E-state index contributed by atoms with van der Waals surface area (Å²) in [5.41, 5.74) is 2.13. The van der Waals surface area contributed by atoms with E-state index in [1.54, 1.807) is 6.20 Å². The molecule has 4 heteroatoms. The van der Waals surface area contributed by atoms with E-state index in [-0.39, 0.29) is 5.41 Å². The van der Waals surface area contributed by atoms with Gasteiger partial charge in [0.25, 0.3) is 0 Å². The van der Waals surface area contributed by atoms with Crippen LogP contribution in [0.5, 0.6) is 0 Å². The van der Waals surface area contributed by atoms with Crippen molar-refractivity contribution in [1.29, 1.82) is 0 Å². The molecule has 0 aliphatic carbocycles. The number of hydrogen-bond acceptors (Lipinski definition) is 3. The Labute approximate surface area is 118 Å². The first-order valence-electron chi connectivity index (χ1n) is 6.13. The average Bonchev–Trinajstić information content (AvgIpc) is 2.38. The normalized spacial score (nSPS) is 13.3. The Kier molecular flexibility index (Phi) is 3.88. The van der Waals surface area contributed by atoms with Gasteiger partial charge in [0.05, 0.1) is 11.8 Å². The van der Waals surface area contributed by atoms with Gasteiger partial charge in [-0.25, -0.2) is 9.97 Å². The summed E-state index contributed by atoms with van der Waals surface area (Å²) >= 11 is 5.89. The molecule has 0 aliphatic heterocycles. The van der Waals surface area contributed by atoms with Crippen molar-refractivity contribution in [3.8, 4) is 11.3 Å². The van der Waals surface area contributed by atoms with Crippen LogP contribution in [0.15, 0.2) is 36.8 Å². The molecule has 2 aromatic rings. The first-order valence-corrected chi connectivity index (χ1v) is 6.51. The molecule has 0 saturated carbocycles. The predicted molar refractivity (Wildman–Crippen MR) is 76.9 cm³/mol. The van der Waals surface area contributed by atoms with Crippen molar-refractivity contribution < 1.29 is 5.11 Å². The smallest absolute Gasteiger partial charge is 0.116 e. The van der Waals surface area contributed by atoms with Crippen LogP contribution < -0.4 is 0 Å². The van der Waals surface area contributed by atoms with E-state index in [4.69, 9.17) is 11.6 Å². The molecule has 0 bridgehead atoms. The maximum absolute atomic E-state index is 10.4. The van der Waals surface area contributed by atoms with Crippen LogP contribution >= 0.6 is 11.6 Å². The van der Waals surface area contributed by atoms with Gasteiger partial charge in [0.1, 0.15) is 6.33 Å². The van der Waals surface area contributed by atoms with Crippen molar-refractivity contribution in [2.24, 2.45) is 5.41 Å². The number of halogens is 1. The van der Waals surface area contributed by atoms with Gasteiger partial charge in [-0.1, -0.05) is 44.5 Å². The molecular formula is C15H17ClN2O. The van der Waals surface area contributed by atoms with E-state index in [2.05, 4.69) is 9.97 Å². The number of aliphatic hydroxyl groups is 1. The molecule has 0 saturated heterocycles. The van der Waals surface area contributed by atoms with Crippen LogP contribution in [0, 0.1) is 5.41 Å². The molecule has 0 fully saturated rings. The van der Waals surface area contributed by atoms with Crippen LogP contribution in [0.25, 0.3) is 11.3 Å². The van der Waals surface area contributed by atoms with E-state index in [0.29, 0.717) is 5.02 Å². The Morgan fingerprint density at radius 2 is 1.79 bits per heavy atom. The summed E-state index contributed by atoms with van der Waals surface area (Å²) in [4.78, 5) is 8.32.